The molecule has 0 amide bonds. The average Bonchev–Trinajstić information content (AvgIpc) is 3.39. The van der Waals surface area contributed by atoms with Gasteiger partial charge in [0.1, 0.15) is 13.2 Å². The van der Waals surface area contributed by atoms with Crippen molar-refractivity contribution in [3.8, 4) is 0 Å². The molecule has 0 spiro atoms. The fourth-order valence-corrected chi connectivity index (χ4v) is 8.98. The number of allylic oxidation sites excluding steroid dienone is 12. The Kier molecular flexibility index (Phi) is 58.7. The fourth-order valence-electron chi connectivity index (χ4n) is 8.98. The zero-order valence-corrected chi connectivity index (χ0v) is 48.4. The van der Waals surface area contributed by atoms with Gasteiger partial charge in [0, 0.05) is 19.3 Å². The van der Waals surface area contributed by atoms with Gasteiger partial charge in [0.2, 0.25) is 0 Å². The van der Waals surface area contributed by atoms with E-state index in [0.717, 1.165) is 103 Å². The minimum atomic E-state index is -0.780. The van der Waals surface area contributed by atoms with Crippen LogP contribution in [0.15, 0.2) is 72.9 Å². The molecule has 0 aromatic carbocycles. The van der Waals surface area contributed by atoms with Crippen molar-refractivity contribution in [2.24, 2.45) is 0 Å². The SMILES string of the molecule is CC/C=C\C/C=C\C/C=C\C/C=C\CCCCCCCCCCCCCCC(=O)OCC(COC(=O)CCCCCCC/C=C\C/C=C\CCCC)OC(=O)CCCCCCCCCCCCCCCCCC. The summed E-state index contributed by atoms with van der Waals surface area (Å²) < 4.78 is 16.9. The van der Waals surface area contributed by atoms with Crippen LogP contribution in [0.2, 0.25) is 0 Å². The van der Waals surface area contributed by atoms with Crippen LogP contribution in [-0.4, -0.2) is 37.2 Å². The van der Waals surface area contributed by atoms with Crippen LogP contribution < -0.4 is 0 Å². The van der Waals surface area contributed by atoms with Gasteiger partial charge in [0.15, 0.2) is 6.10 Å². The van der Waals surface area contributed by atoms with Crippen LogP contribution in [0.25, 0.3) is 0 Å². The van der Waals surface area contributed by atoms with E-state index >= 15 is 0 Å². The van der Waals surface area contributed by atoms with E-state index in [2.05, 4.69) is 93.7 Å². The summed E-state index contributed by atoms with van der Waals surface area (Å²) in [6, 6.07) is 0. The Labute approximate surface area is 453 Å². The minimum absolute atomic E-state index is 0.0777. The third-order valence-corrected chi connectivity index (χ3v) is 13.7. The highest BCUT2D eigenvalue weighted by molar-refractivity contribution is 5.71. The normalized spacial score (nSPS) is 12.5. The van der Waals surface area contributed by atoms with E-state index in [0.29, 0.717) is 19.3 Å². The Morgan fingerprint density at radius 3 is 0.877 bits per heavy atom. The predicted octanol–water partition coefficient (Wildman–Crippen LogP) is 21.3. The maximum Gasteiger partial charge on any atom is 0.306 e. The molecule has 0 N–H and O–H groups in total. The van der Waals surface area contributed by atoms with Gasteiger partial charge < -0.3 is 14.2 Å². The summed E-state index contributed by atoms with van der Waals surface area (Å²) in [5, 5.41) is 0. The largest absolute Gasteiger partial charge is 0.462 e. The number of esters is 3. The first-order valence-electron chi connectivity index (χ1n) is 31.4. The van der Waals surface area contributed by atoms with Crippen LogP contribution >= 0.6 is 0 Å². The Hall–Kier alpha value is -3.15. The van der Waals surface area contributed by atoms with Crippen LogP contribution in [0.1, 0.15) is 316 Å². The van der Waals surface area contributed by atoms with Gasteiger partial charge in [0.25, 0.3) is 0 Å². The summed E-state index contributed by atoms with van der Waals surface area (Å²) in [5.74, 6) is -0.878. The molecule has 6 nitrogen and oxygen atoms in total. The second-order valence-corrected chi connectivity index (χ2v) is 20.9. The molecule has 0 aliphatic carbocycles. The first-order valence-corrected chi connectivity index (χ1v) is 31.4. The molecule has 0 rings (SSSR count). The van der Waals surface area contributed by atoms with E-state index in [4.69, 9.17) is 14.2 Å². The first-order chi connectivity index (χ1) is 36.0. The molecule has 73 heavy (non-hydrogen) atoms. The predicted molar refractivity (Wildman–Crippen MR) is 316 cm³/mol. The Morgan fingerprint density at radius 1 is 0.288 bits per heavy atom. The van der Waals surface area contributed by atoms with Crippen molar-refractivity contribution in [2.75, 3.05) is 13.2 Å². The highest BCUT2D eigenvalue weighted by Gasteiger charge is 2.19. The lowest BCUT2D eigenvalue weighted by atomic mass is 10.0. The number of carbonyl (C=O) groups excluding carboxylic acids is 3. The van der Waals surface area contributed by atoms with Gasteiger partial charge in [-0.05, 0) is 83.5 Å². The van der Waals surface area contributed by atoms with Crippen LogP contribution in [0, 0.1) is 0 Å². The van der Waals surface area contributed by atoms with Crippen molar-refractivity contribution < 1.29 is 28.6 Å². The highest BCUT2D eigenvalue weighted by Crippen LogP contribution is 2.17. The van der Waals surface area contributed by atoms with Gasteiger partial charge >= 0.3 is 17.9 Å². The fraction of sp³-hybridized carbons (Fsp3) is 0.776. The summed E-state index contributed by atoms with van der Waals surface area (Å²) >= 11 is 0. The number of hydrogen-bond acceptors (Lipinski definition) is 6. The zero-order valence-electron chi connectivity index (χ0n) is 48.4. The molecule has 0 aromatic heterocycles. The van der Waals surface area contributed by atoms with Gasteiger partial charge in [-0.15, -0.1) is 0 Å². The molecule has 0 fully saturated rings. The van der Waals surface area contributed by atoms with Crippen molar-refractivity contribution in [3.63, 3.8) is 0 Å². The molecule has 0 saturated heterocycles. The molecular formula is C67H118O6. The lowest BCUT2D eigenvalue weighted by Crippen LogP contribution is -2.30. The quantitative estimate of drug-likeness (QED) is 0.0261. The molecular weight excluding hydrogens is 901 g/mol. The van der Waals surface area contributed by atoms with Crippen LogP contribution in [0.3, 0.4) is 0 Å². The topological polar surface area (TPSA) is 78.9 Å². The molecule has 0 aromatic rings. The van der Waals surface area contributed by atoms with Crippen molar-refractivity contribution in [3.05, 3.63) is 72.9 Å². The number of carbonyl (C=O) groups is 3. The van der Waals surface area contributed by atoms with Crippen molar-refractivity contribution in [1.29, 1.82) is 0 Å². The monoisotopic (exact) mass is 1020 g/mol. The molecule has 1 unspecified atom stereocenters. The maximum absolute atomic E-state index is 12.9. The summed E-state index contributed by atoms with van der Waals surface area (Å²) in [5.41, 5.74) is 0. The smallest absolute Gasteiger partial charge is 0.306 e. The van der Waals surface area contributed by atoms with E-state index in [9.17, 15) is 14.4 Å². The van der Waals surface area contributed by atoms with Crippen molar-refractivity contribution >= 4 is 17.9 Å². The zero-order chi connectivity index (χ0) is 52.9. The third kappa shape index (κ3) is 59.6. The second kappa shape index (κ2) is 61.4. The van der Waals surface area contributed by atoms with Crippen LogP contribution in [0.4, 0.5) is 0 Å². The van der Waals surface area contributed by atoms with Gasteiger partial charge in [-0.25, -0.2) is 0 Å². The number of hydrogen-bond donors (Lipinski definition) is 0. The van der Waals surface area contributed by atoms with Crippen LogP contribution in [0.5, 0.6) is 0 Å². The van der Waals surface area contributed by atoms with Gasteiger partial charge in [-0.3, -0.25) is 14.4 Å². The van der Waals surface area contributed by atoms with Gasteiger partial charge in [0.05, 0.1) is 0 Å². The summed E-state index contributed by atoms with van der Waals surface area (Å²) in [6.07, 6.45) is 79.0. The third-order valence-electron chi connectivity index (χ3n) is 13.7. The molecule has 422 valence electrons. The van der Waals surface area contributed by atoms with Crippen molar-refractivity contribution in [1.82, 2.24) is 0 Å². The molecule has 0 aliphatic rings. The molecule has 0 heterocycles. The number of ether oxygens (including phenoxy) is 3. The lowest BCUT2D eigenvalue weighted by Gasteiger charge is -2.18. The molecule has 0 radical (unpaired) electrons. The van der Waals surface area contributed by atoms with E-state index in [1.54, 1.807) is 0 Å². The highest BCUT2D eigenvalue weighted by atomic mass is 16.6. The number of rotatable bonds is 57. The molecule has 0 aliphatic heterocycles. The van der Waals surface area contributed by atoms with Crippen LogP contribution in [-0.2, 0) is 28.6 Å². The summed E-state index contributed by atoms with van der Waals surface area (Å²) in [6.45, 7) is 6.51. The van der Waals surface area contributed by atoms with E-state index in [-0.39, 0.29) is 31.1 Å². The van der Waals surface area contributed by atoms with E-state index < -0.39 is 6.10 Å². The van der Waals surface area contributed by atoms with Gasteiger partial charge in [-0.1, -0.05) is 286 Å². The summed E-state index contributed by atoms with van der Waals surface area (Å²) in [7, 11) is 0. The number of unbranched alkanes of at least 4 members (excludes halogenated alkanes) is 34. The molecule has 6 heteroatoms. The van der Waals surface area contributed by atoms with E-state index in [1.807, 2.05) is 0 Å². The lowest BCUT2D eigenvalue weighted by molar-refractivity contribution is -0.167. The Bertz CT molecular complexity index is 1360. The maximum atomic E-state index is 12.9. The molecule has 1 atom stereocenters. The van der Waals surface area contributed by atoms with Crippen molar-refractivity contribution in [2.45, 2.75) is 322 Å². The minimum Gasteiger partial charge on any atom is -0.462 e. The Balaban J connectivity index is 4.29. The van der Waals surface area contributed by atoms with E-state index in [1.165, 1.54) is 173 Å². The molecule has 0 bridgehead atoms. The second-order valence-electron chi connectivity index (χ2n) is 20.9. The summed E-state index contributed by atoms with van der Waals surface area (Å²) in [4.78, 5) is 38.3. The van der Waals surface area contributed by atoms with Gasteiger partial charge in [-0.2, -0.15) is 0 Å². The average molecular weight is 1020 g/mol. The Morgan fingerprint density at radius 2 is 0.548 bits per heavy atom. The standard InChI is InChI=1S/C67H118O6/c1-4-7-10-13-16-19-22-25-28-30-31-32-33-34-35-36-37-38-40-42-45-48-51-54-57-60-66(69)72-63-64(62-71-65(68)59-56-53-50-47-44-41-27-24-21-18-15-12-9-6-3)73-67(70)61-58-55-52-49-46-43-39-29-26-23-20-17-14-11-8-5-2/h7,10,15-16,18-19,24-25,27-28,31-32,64H,4-6,8-9,11-14,17,20-23,26,29-30,33-63H2,1-3H3/b10-7-,18-15-,19-16-,27-24-,28-25-,32-31-. The molecule has 0 saturated carbocycles. The first kappa shape index (κ1) is 69.8.